The number of aliphatic hydroxyl groups excluding tert-OH is 2. The number of anilines is 2. The van der Waals surface area contributed by atoms with Gasteiger partial charge in [-0.1, -0.05) is 35.7 Å². The number of benzene rings is 3. The molecule has 0 spiro atoms. The molecule has 3 aromatic heterocycles. The molecular weight excluding hydrogens is 779 g/mol. The summed E-state index contributed by atoms with van der Waals surface area (Å²) in [7, 11) is 0. The maximum absolute atomic E-state index is 12.1. The van der Waals surface area contributed by atoms with Gasteiger partial charge in [-0.25, -0.2) is 0 Å². The van der Waals surface area contributed by atoms with Crippen LogP contribution in [0.2, 0.25) is 0 Å². The molecule has 0 unspecified atom stereocenters. The lowest BCUT2D eigenvalue weighted by Crippen LogP contribution is -2.18. The molecule has 12 nitrogen and oxygen atoms in total. The molecule has 0 amide bonds. The summed E-state index contributed by atoms with van der Waals surface area (Å²) >= 11 is 4.88. The van der Waals surface area contributed by atoms with Crippen LogP contribution >= 0.6 is 47.4 Å². The third kappa shape index (κ3) is 12.4. The van der Waals surface area contributed by atoms with Crippen molar-refractivity contribution in [3.05, 3.63) is 115 Å². The monoisotopic (exact) mass is 815 g/mol. The molecule has 0 radical (unpaired) electrons. The Balaban J connectivity index is 0.000000211. The normalized spacial score (nSPS) is 10.8. The van der Waals surface area contributed by atoms with Gasteiger partial charge in [0.15, 0.2) is 21.8 Å². The topological polar surface area (TPSA) is 167 Å². The fourth-order valence-electron chi connectivity index (χ4n) is 4.90. The Labute approximate surface area is 334 Å². The average Bonchev–Trinajstić information content (AvgIpc) is 3.67. The van der Waals surface area contributed by atoms with Gasteiger partial charge in [-0.15, -0.1) is 0 Å². The third-order valence-electron chi connectivity index (χ3n) is 7.51. The van der Waals surface area contributed by atoms with E-state index in [1.165, 1.54) is 37.7 Å². The number of carbonyl (C=O) groups excluding carboxylic acids is 4. The zero-order valence-electron chi connectivity index (χ0n) is 29.9. The molecule has 6 rings (SSSR count). The van der Waals surface area contributed by atoms with Crippen LogP contribution in [0.1, 0.15) is 34.7 Å². The van der Waals surface area contributed by atoms with Gasteiger partial charge in [0.2, 0.25) is 0 Å². The standard InChI is InChI=1S/C20H19N3O3S2.C19H18N2O4S2/c1-14(25)27-13-20(26)15-2-5-17(6-3-15)28-23(10-11-24)16-4-7-18-19(12-16)22-9-8-21-18;1-13(23)26-12-18(24)17-4-3-16(11-20-17)27-21(7-8-22)15-2-5-19-14(10-15)6-9-25-19/h2-9,12,24H,10-11,13H2,1H3;2-6,9-11,22H,7-8,12H2,1H3. The number of nitrogens with zero attached hydrogens (tertiary/aromatic N) is 5. The van der Waals surface area contributed by atoms with E-state index < -0.39 is 0 Å². The van der Waals surface area contributed by atoms with E-state index >= 15 is 0 Å². The molecule has 0 saturated heterocycles. The lowest BCUT2D eigenvalue weighted by molar-refractivity contribution is -0.109. The molecule has 0 bridgehead atoms. The van der Waals surface area contributed by atoms with Crippen LogP contribution in [0.25, 0.3) is 22.0 Å². The van der Waals surface area contributed by atoms with Crippen molar-refractivity contribution in [1.29, 1.82) is 0 Å². The summed E-state index contributed by atoms with van der Waals surface area (Å²) in [5.74, 6) is -0.00585. The molecule has 0 atom stereocenters. The van der Waals surface area contributed by atoms with Crippen molar-refractivity contribution in [2.75, 3.05) is 46.4 Å². The predicted molar refractivity (Wildman–Crippen MR) is 222 cm³/mol. The van der Waals surface area contributed by atoms with Gasteiger partial charge in [0, 0.05) is 64.6 Å². The van der Waals surface area contributed by atoms with E-state index in [0.29, 0.717) is 24.3 Å². The largest absolute Gasteiger partial charge is 0.464 e. The number of fused-ring (bicyclic) bond motifs is 2. The minimum Gasteiger partial charge on any atom is -0.464 e. The van der Waals surface area contributed by atoms with E-state index in [4.69, 9.17) is 4.42 Å². The molecule has 0 fully saturated rings. The van der Waals surface area contributed by atoms with Crippen molar-refractivity contribution in [3.63, 3.8) is 0 Å². The fraction of sp³-hybridized carbons (Fsp3) is 0.205. The second kappa shape index (κ2) is 20.8. The van der Waals surface area contributed by atoms with E-state index in [2.05, 4.69) is 15.0 Å². The third-order valence-corrected chi connectivity index (χ3v) is 11.3. The zero-order valence-corrected chi connectivity index (χ0v) is 33.1. The van der Waals surface area contributed by atoms with Crippen molar-refractivity contribution in [1.82, 2.24) is 15.0 Å². The number of hydrogen-bond donors (Lipinski definition) is 2. The average molecular weight is 816 g/mol. The number of aromatic nitrogens is 3. The molecule has 3 aromatic carbocycles. The molecule has 0 aliphatic carbocycles. The predicted octanol–water partition coefficient (Wildman–Crippen LogP) is 7.39. The number of aliphatic hydroxyl groups is 2. The molecule has 284 valence electrons. The van der Waals surface area contributed by atoms with Crippen molar-refractivity contribution in [2.45, 2.75) is 23.6 Å². The molecule has 16 heteroatoms. The second-order valence-electron chi connectivity index (χ2n) is 11.5. The molecule has 6 aromatic rings. The summed E-state index contributed by atoms with van der Waals surface area (Å²) in [5.41, 5.74) is 5.15. The number of pyridine rings is 1. The van der Waals surface area contributed by atoms with Gasteiger partial charge in [-0.05, 0) is 90.6 Å². The highest BCUT2D eigenvalue weighted by Gasteiger charge is 2.14. The quantitative estimate of drug-likeness (QED) is 0.0732. The molecule has 2 N–H and O–H groups in total. The van der Waals surface area contributed by atoms with Crippen molar-refractivity contribution in [2.24, 2.45) is 0 Å². The molecule has 3 heterocycles. The van der Waals surface area contributed by atoms with Crippen molar-refractivity contribution >= 4 is 103 Å². The van der Waals surface area contributed by atoms with Gasteiger partial charge in [-0.2, -0.15) is 0 Å². The van der Waals surface area contributed by atoms with Crippen LogP contribution in [-0.4, -0.2) is 84.8 Å². The van der Waals surface area contributed by atoms with E-state index in [1.807, 2.05) is 69.3 Å². The van der Waals surface area contributed by atoms with Crippen LogP contribution in [0.5, 0.6) is 0 Å². The Hall–Kier alpha value is -4.71. The maximum Gasteiger partial charge on any atom is 0.191 e. The summed E-state index contributed by atoms with van der Waals surface area (Å²) in [6.45, 7) is 3.76. The molecule has 0 aliphatic rings. The second-order valence-corrected chi connectivity index (χ2v) is 16.0. The van der Waals surface area contributed by atoms with E-state index in [-0.39, 0.29) is 46.5 Å². The van der Waals surface area contributed by atoms with Crippen LogP contribution < -0.4 is 8.61 Å². The number of Topliss-reactive ketones (excluding diaryl/α,β-unsaturated/α-hetero) is 2. The molecule has 0 aliphatic heterocycles. The number of furan rings is 1. The van der Waals surface area contributed by atoms with Crippen LogP contribution in [0.3, 0.4) is 0 Å². The highest BCUT2D eigenvalue weighted by molar-refractivity contribution is 8.14. The number of hydrogen-bond acceptors (Lipinski definition) is 16. The van der Waals surface area contributed by atoms with Crippen LogP contribution in [0.4, 0.5) is 11.4 Å². The molecular formula is C39H37N5O7S4. The number of thioether (sulfide) groups is 2. The minimum absolute atomic E-state index is 0.00267. The Bertz CT molecular complexity index is 2240. The number of carbonyl (C=O) groups is 4. The van der Waals surface area contributed by atoms with Gasteiger partial charge in [0.1, 0.15) is 11.3 Å². The first kappa shape index (κ1) is 41.5. The molecule has 55 heavy (non-hydrogen) atoms. The summed E-state index contributed by atoms with van der Waals surface area (Å²) in [6, 6.07) is 24.2. The van der Waals surface area contributed by atoms with Crippen molar-refractivity contribution < 1.29 is 33.8 Å². The van der Waals surface area contributed by atoms with Gasteiger partial charge < -0.3 is 23.2 Å². The highest BCUT2D eigenvalue weighted by atomic mass is 32.2. The number of ketones is 2. The highest BCUT2D eigenvalue weighted by Crippen LogP contribution is 2.32. The van der Waals surface area contributed by atoms with Crippen LogP contribution in [0.15, 0.2) is 118 Å². The van der Waals surface area contributed by atoms with Crippen LogP contribution in [0, 0.1) is 0 Å². The first-order chi connectivity index (χ1) is 26.6. The summed E-state index contributed by atoms with van der Waals surface area (Å²) in [6.07, 6.45) is 6.56. The SMILES string of the molecule is CC(=O)SCC(=O)c1ccc(SN(CCO)c2ccc3nccnc3c2)cc1.CC(=O)SCC(=O)c1ccc(SN(CCO)c2ccc3occc3c2)cn1. The zero-order chi connectivity index (χ0) is 39.2. The summed E-state index contributed by atoms with van der Waals surface area (Å²) < 4.78 is 9.29. The first-order valence-corrected chi connectivity index (χ1v) is 20.4. The van der Waals surface area contributed by atoms with E-state index in [0.717, 1.165) is 66.7 Å². The van der Waals surface area contributed by atoms with Gasteiger partial charge in [0.25, 0.3) is 0 Å². The van der Waals surface area contributed by atoms with Crippen LogP contribution in [-0.2, 0) is 9.59 Å². The Morgan fingerprint density at radius 2 is 1.25 bits per heavy atom. The number of rotatable bonds is 16. The summed E-state index contributed by atoms with van der Waals surface area (Å²) in [4.78, 5) is 60.7. The fourth-order valence-corrected chi connectivity index (χ4v) is 7.66. The van der Waals surface area contributed by atoms with E-state index in [9.17, 15) is 29.4 Å². The van der Waals surface area contributed by atoms with Gasteiger partial charge in [-0.3, -0.25) is 34.1 Å². The van der Waals surface area contributed by atoms with Gasteiger partial charge in [0.05, 0.1) is 55.1 Å². The van der Waals surface area contributed by atoms with E-state index in [1.54, 1.807) is 43.1 Å². The van der Waals surface area contributed by atoms with Crippen molar-refractivity contribution in [3.8, 4) is 0 Å². The first-order valence-electron chi connectivity index (χ1n) is 16.8. The molecule has 0 saturated carbocycles. The Morgan fingerprint density at radius 3 is 1.89 bits per heavy atom. The summed E-state index contributed by atoms with van der Waals surface area (Å²) in [5, 5.41) is 19.7. The van der Waals surface area contributed by atoms with Gasteiger partial charge >= 0.3 is 0 Å². The smallest absolute Gasteiger partial charge is 0.191 e. The lowest BCUT2D eigenvalue weighted by Gasteiger charge is -2.22. The Kier molecular flexibility index (Phi) is 15.7. The Morgan fingerprint density at radius 1 is 0.655 bits per heavy atom. The minimum atomic E-state index is -0.177. The maximum atomic E-state index is 12.1. The lowest BCUT2D eigenvalue weighted by atomic mass is 10.1.